The minimum Gasteiger partial charge on any atom is -0.493 e. The Morgan fingerprint density at radius 2 is 1.66 bits per heavy atom. The summed E-state index contributed by atoms with van der Waals surface area (Å²) in [7, 11) is 3.22. The molecular formula is C31H36FN3O3. The van der Waals surface area contributed by atoms with Crippen LogP contribution in [0.25, 0.3) is 11.0 Å². The van der Waals surface area contributed by atoms with E-state index in [4.69, 9.17) is 14.5 Å². The molecule has 0 saturated carbocycles. The molecule has 6 nitrogen and oxygen atoms in total. The summed E-state index contributed by atoms with van der Waals surface area (Å²) in [5.74, 6) is 1.83. The summed E-state index contributed by atoms with van der Waals surface area (Å²) < 4.78 is 26.3. The molecular weight excluding hydrogens is 481 g/mol. The highest BCUT2D eigenvalue weighted by Gasteiger charge is 2.25. The van der Waals surface area contributed by atoms with Crippen LogP contribution in [0.15, 0.2) is 54.6 Å². The van der Waals surface area contributed by atoms with Gasteiger partial charge >= 0.3 is 0 Å². The Labute approximate surface area is 223 Å². The van der Waals surface area contributed by atoms with Crippen molar-refractivity contribution in [3.05, 3.63) is 88.5 Å². The molecule has 200 valence electrons. The minimum absolute atomic E-state index is 0.0368. The van der Waals surface area contributed by atoms with Crippen LogP contribution in [0, 0.1) is 19.7 Å². The van der Waals surface area contributed by atoms with Gasteiger partial charge in [0.25, 0.3) is 0 Å². The highest BCUT2D eigenvalue weighted by atomic mass is 19.1. The molecule has 0 radical (unpaired) electrons. The number of methoxy groups -OCH3 is 2. The Morgan fingerprint density at radius 3 is 2.34 bits per heavy atom. The van der Waals surface area contributed by atoms with Crippen LogP contribution in [0.4, 0.5) is 4.39 Å². The third-order valence-corrected chi connectivity index (χ3v) is 6.99. The van der Waals surface area contributed by atoms with Crippen LogP contribution < -0.4 is 14.8 Å². The van der Waals surface area contributed by atoms with Crippen molar-refractivity contribution in [2.75, 3.05) is 20.8 Å². The third-order valence-electron chi connectivity index (χ3n) is 6.99. The van der Waals surface area contributed by atoms with Gasteiger partial charge in [0.15, 0.2) is 11.5 Å². The zero-order valence-electron chi connectivity index (χ0n) is 22.8. The van der Waals surface area contributed by atoms with Gasteiger partial charge in [0.1, 0.15) is 17.7 Å². The van der Waals surface area contributed by atoms with Gasteiger partial charge in [-0.25, -0.2) is 9.37 Å². The van der Waals surface area contributed by atoms with Gasteiger partial charge in [-0.05, 0) is 85.3 Å². The maximum Gasteiger partial charge on any atom is 0.243 e. The first-order chi connectivity index (χ1) is 18.3. The Hall–Kier alpha value is -3.87. The van der Waals surface area contributed by atoms with E-state index in [2.05, 4.69) is 42.8 Å². The quantitative estimate of drug-likeness (QED) is 0.261. The molecule has 1 aromatic heterocycles. The Kier molecular flexibility index (Phi) is 8.66. The van der Waals surface area contributed by atoms with E-state index in [1.54, 1.807) is 26.4 Å². The molecule has 1 N–H and O–H groups in total. The standard InChI is InChI=1S/C31H36FN3O3/c1-6-7-26(31(36)33-15-14-23-10-13-28(37-4)29(18-23)38-5)35-27-17-21(3)20(2)16-25(27)34-30(35)19-22-8-11-24(32)12-9-22/h8-13,16-18,26H,6-7,14-15,19H2,1-5H3,(H,33,36)/t26-/m0/s1. The topological polar surface area (TPSA) is 65.4 Å². The average Bonchev–Trinajstić information content (AvgIpc) is 3.24. The molecule has 1 atom stereocenters. The third kappa shape index (κ3) is 5.98. The zero-order valence-corrected chi connectivity index (χ0v) is 22.8. The van der Waals surface area contributed by atoms with Crippen molar-refractivity contribution in [3.8, 4) is 11.5 Å². The van der Waals surface area contributed by atoms with Gasteiger partial charge in [-0.1, -0.05) is 31.5 Å². The number of benzene rings is 3. The SMILES string of the molecule is CCC[C@@H](C(=O)NCCc1ccc(OC)c(OC)c1)n1c(Cc2ccc(F)cc2)nc2cc(C)c(C)cc21. The molecule has 38 heavy (non-hydrogen) atoms. The first-order valence-electron chi connectivity index (χ1n) is 13.1. The molecule has 4 aromatic rings. The number of nitrogens with one attached hydrogen (secondary N) is 1. The van der Waals surface area contributed by atoms with Crippen LogP contribution in [0.2, 0.25) is 0 Å². The van der Waals surface area contributed by atoms with Gasteiger partial charge in [0.2, 0.25) is 5.91 Å². The van der Waals surface area contributed by atoms with Crippen molar-refractivity contribution in [1.82, 2.24) is 14.9 Å². The summed E-state index contributed by atoms with van der Waals surface area (Å²) in [5, 5.41) is 3.15. The molecule has 7 heteroatoms. The lowest BCUT2D eigenvalue weighted by atomic mass is 10.1. The van der Waals surface area contributed by atoms with Gasteiger partial charge in [-0.2, -0.15) is 0 Å². The fraction of sp³-hybridized carbons (Fsp3) is 0.355. The van der Waals surface area contributed by atoms with Crippen molar-refractivity contribution in [2.45, 2.75) is 52.5 Å². The largest absolute Gasteiger partial charge is 0.493 e. The molecule has 1 amide bonds. The lowest BCUT2D eigenvalue weighted by Gasteiger charge is -2.21. The number of halogens is 1. The van der Waals surface area contributed by atoms with E-state index < -0.39 is 6.04 Å². The highest BCUT2D eigenvalue weighted by Crippen LogP contribution is 2.29. The second-order valence-corrected chi connectivity index (χ2v) is 9.66. The van der Waals surface area contributed by atoms with Crippen LogP contribution in [-0.2, 0) is 17.6 Å². The maximum absolute atomic E-state index is 13.6. The molecule has 0 bridgehead atoms. The molecule has 0 aliphatic carbocycles. The Bertz CT molecular complexity index is 1410. The highest BCUT2D eigenvalue weighted by molar-refractivity contribution is 5.85. The van der Waals surface area contributed by atoms with E-state index in [1.807, 2.05) is 18.2 Å². The summed E-state index contributed by atoms with van der Waals surface area (Å²) in [4.78, 5) is 18.6. The Morgan fingerprint density at radius 1 is 0.974 bits per heavy atom. The number of ether oxygens (including phenoxy) is 2. The van der Waals surface area contributed by atoms with E-state index in [9.17, 15) is 9.18 Å². The van der Waals surface area contributed by atoms with Crippen LogP contribution in [0.5, 0.6) is 11.5 Å². The molecule has 0 spiro atoms. The van der Waals surface area contributed by atoms with Crippen LogP contribution in [-0.4, -0.2) is 36.2 Å². The fourth-order valence-corrected chi connectivity index (χ4v) is 4.79. The molecule has 4 rings (SSSR count). The molecule has 0 unspecified atom stereocenters. The molecule has 0 saturated heterocycles. The number of fused-ring (bicyclic) bond motifs is 1. The van der Waals surface area contributed by atoms with E-state index in [1.165, 1.54) is 12.1 Å². The van der Waals surface area contributed by atoms with Crippen LogP contribution in [0.1, 0.15) is 53.9 Å². The van der Waals surface area contributed by atoms with E-state index >= 15 is 0 Å². The normalized spacial score (nSPS) is 11.9. The maximum atomic E-state index is 13.6. The predicted octanol–water partition coefficient (Wildman–Crippen LogP) is 6.10. The lowest BCUT2D eigenvalue weighted by Crippen LogP contribution is -2.34. The number of aromatic nitrogens is 2. The molecule has 3 aromatic carbocycles. The number of imidazole rings is 1. The number of hydrogen-bond donors (Lipinski definition) is 1. The first-order valence-corrected chi connectivity index (χ1v) is 13.1. The van der Waals surface area contributed by atoms with E-state index in [0.29, 0.717) is 37.3 Å². The van der Waals surface area contributed by atoms with Crippen molar-refractivity contribution >= 4 is 16.9 Å². The number of aryl methyl sites for hydroxylation is 2. The van der Waals surface area contributed by atoms with Crippen molar-refractivity contribution in [2.24, 2.45) is 0 Å². The zero-order chi connectivity index (χ0) is 27.2. The molecule has 0 aliphatic heterocycles. The predicted molar refractivity (Wildman–Crippen MR) is 149 cm³/mol. The van der Waals surface area contributed by atoms with Crippen molar-refractivity contribution < 1.29 is 18.7 Å². The Balaban J connectivity index is 1.62. The van der Waals surface area contributed by atoms with Crippen molar-refractivity contribution in [3.63, 3.8) is 0 Å². The number of carbonyl (C=O) groups excluding carboxylic acids is 1. The summed E-state index contributed by atoms with van der Waals surface area (Å²) in [6.45, 7) is 6.71. The number of amides is 1. The van der Waals surface area contributed by atoms with Gasteiger partial charge in [-0.3, -0.25) is 4.79 Å². The summed E-state index contributed by atoms with van der Waals surface area (Å²) in [6, 6.07) is 16.0. The fourth-order valence-electron chi connectivity index (χ4n) is 4.79. The van der Waals surface area contributed by atoms with Crippen LogP contribution >= 0.6 is 0 Å². The smallest absolute Gasteiger partial charge is 0.243 e. The van der Waals surface area contributed by atoms with E-state index in [0.717, 1.165) is 45.5 Å². The summed E-state index contributed by atoms with van der Waals surface area (Å²) in [5.41, 5.74) is 6.10. The molecule has 0 fully saturated rings. The minimum atomic E-state index is -0.409. The van der Waals surface area contributed by atoms with Gasteiger partial charge in [-0.15, -0.1) is 0 Å². The molecule has 0 aliphatic rings. The van der Waals surface area contributed by atoms with Gasteiger partial charge in [0, 0.05) is 13.0 Å². The monoisotopic (exact) mass is 517 g/mol. The molecule has 1 heterocycles. The number of nitrogens with zero attached hydrogens (tertiary/aromatic N) is 2. The van der Waals surface area contributed by atoms with Gasteiger partial charge in [0.05, 0.1) is 25.3 Å². The second kappa shape index (κ2) is 12.1. The number of hydrogen-bond acceptors (Lipinski definition) is 4. The van der Waals surface area contributed by atoms with Gasteiger partial charge < -0.3 is 19.4 Å². The first kappa shape index (κ1) is 27.2. The van der Waals surface area contributed by atoms with Crippen molar-refractivity contribution in [1.29, 1.82) is 0 Å². The second-order valence-electron chi connectivity index (χ2n) is 9.66. The lowest BCUT2D eigenvalue weighted by molar-refractivity contribution is -0.124. The van der Waals surface area contributed by atoms with E-state index in [-0.39, 0.29) is 11.7 Å². The number of rotatable bonds is 11. The summed E-state index contributed by atoms with van der Waals surface area (Å²) in [6.07, 6.45) is 2.69. The average molecular weight is 518 g/mol. The number of carbonyl (C=O) groups is 1. The summed E-state index contributed by atoms with van der Waals surface area (Å²) >= 11 is 0. The van der Waals surface area contributed by atoms with Crippen LogP contribution in [0.3, 0.4) is 0 Å².